The Morgan fingerprint density at radius 2 is 2.09 bits per heavy atom. The number of hydrogen-bond donors (Lipinski definition) is 2. The monoisotopic (exact) mass is 310 g/mol. The normalized spacial score (nSPS) is 31.6. The van der Waals surface area contributed by atoms with Gasteiger partial charge >= 0.3 is 5.69 Å². The van der Waals surface area contributed by atoms with Crippen LogP contribution in [0.4, 0.5) is 0 Å². The zero-order chi connectivity index (χ0) is 16.5. The topological polar surface area (TPSA) is 84.3 Å². The SMILES string of the molecule is CCCC[C@]1(CC)O[C@@H](n2cc(C)c(=O)[nH]c2=O)[C@@H](O)[C@@H]1C. The van der Waals surface area contributed by atoms with Crippen LogP contribution in [0.25, 0.3) is 0 Å². The van der Waals surface area contributed by atoms with Crippen molar-refractivity contribution in [2.24, 2.45) is 5.92 Å². The Hall–Kier alpha value is -1.40. The molecule has 124 valence electrons. The van der Waals surface area contributed by atoms with Crippen molar-refractivity contribution in [2.75, 3.05) is 0 Å². The lowest BCUT2D eigenvalue weighted by Crippen LogP contribution is -2.37. The zero-order valence-electron chi connectivity index (χ0n) is 13.8. The molecule has 0 unspecified atom stereocenters. The highest BCUT2D eigenvalue weighted by Gasteiger charge is 2.51. The molecule has 0 aromatic carbocycles. The molecule has 1 fully saturated rings. The first-order valence-electron chi connectivity index (χ1n) is 8.04. The van der Waals surface area contributed by atoms with Gasteiger partial charge < -0.3 is 9.84 Å². The molecule has 2 N–H and O–H groups in total. The fourth-order valence-electron chi connectivity index (χ4n) is 3.32. The minimum Gasteiger partial charge on any atom is -0.388 e. The van der Waals surface area contributed by atoms with Crippen molar-refractivity contribution in [3.8, 4) is 0 Å². The Morgan fingerprint density at radius 3 is 2.68 bits per heavy atom. The highest BCUT2D eigenvalue weighted by atomic mass is 16.5. The average Bonchev–Trinajstić information content (AvgIpc) is 2.74. The largest absolute Gasteiger partial charge is 0.388 e. The third-order valence-electron chi connectivity index (χ3n) is 4.96. The lowest BCUT2D eigenvalue weighted by Gasteiger charge is -2.32. The van der Waals surface area contributed by atoms with Gasteiger partial charge in [-0.2, -0.15) is 0 Å². The van der Waals surface area contributed by atoms with Gasteiger partial charge in [-0.25, -0.2) is 4.79 Å². The molecule has 0 bridgehead atoms. The summed E-state index contributed by atoms with van der Waals surface area (Å²) >= 11 is 0. The Balaban J connectivity index is 2.40. The van der Waals surface area contributed by atoms with Crippen LogP contribution in [0, 0.1) is 12.8 Å². The molecule has 0 amide bonds. The van der Waals surface area contributed by atoms with Crippen molar-refractivity contribution in [1.29, 1.82) is 0 Å². The number of nitrogens with zero attached hydrogens (tertiary/aromatic N) is 1. The summed E-state index contributed by atoms with van der Waals surface area (Å²) in [6.45, 7) is 7.76. The van der Waals surface area contributed by atoms with E-state index in [-0.39, 0.29) is 5.92 Å². The minimum absolute atomic E-state index is 0.0758. The van der Waals surface area contributed by atoms with Crippen molar-refractivity contribution in [3.63, 3.8) is 0 Å². The van der Waals surface area contributed by atoms with E-state index in [0.29, 0.717) is 5.56 Å². The summed E-state index contributed by atoms with van der Waals surface area (Å²) in [6, 6.07) is 0. The number of H-pyrrole nitrogens is 1. The molecule has 0 spiro atoms. The maximum Gasteiger partial charge on any atom is 0.330 e. The molecule has 1 aromatic rings. The lowest BCUT2D eigenvalue weighted by molar-refractivity contribution is -0.101. The average molecular weight is 310 g/mol. The van der Waals surface area contributed by atoms with Crippen LogP contribution in [0.15, 0.2) is 15.8 Å². The smallest absolute Gasteiger partial charge is 0.330 e. The molecule has 2 heterocycles. The van der Waals surface area contributed by atoms with Crippen LogP contribution in [0.2, 0.25) is 0 Å². The second-order valence-electron chi connectivity index (χ2n) is 6.29. The van der Waals surface area contributed by atoms with Crippen LogP contribution < -0.4 is 11.2 Å². The standard InChI is InChI=1S/C16H26N2O4/c1-5-7-8-16(6-2)11(4)12(19)14(22-16)18-9-10(3)13(20)17-15(18)21/h9,11-12,14,19H,5-8H2,1-4H3,(H,17,20,21)/t11-,12-,14+,16-/m0/s1. The number of aromatic nitrogens is 2. The number of unbranched alkanes of at least 4 members (excludes halogenated alkanes) is 1. The first kappa shape index (κ1) is 17.0. The molecule has 6 heteroatoms. The summed E-state index contributed by atoms with van der Waals surface area (Å²) in [5.41, 5.74) is -0.960. The minimum atomic E-state index is -0.778. The summed E-state index contributed by atoms with van der Waals surface area (Å²) < 4.78 is 7.48. The predicted octanol–water partition coefficient (Wildman–Crippen LogP) is 1.71. The molecule has 6 nitrogen and oxygen atoms in total. The van der Waals surface area contributed by atoms with E-state index in [9.17, 15) is 14.7 Å². The summed E-state index contributed by atoms with van der Waals surface area (Å²) in [7, 11) is 0. The van der Waals surface area contributed by atoms with E-state index in [0.717, 1.165) is 25.7 Å². The molecule has 1 saturated heterocycles. The lowest BCUT2D eigenvalue weighted by atomic mass is 9.81. The van der Waals surface area contributed by atoms with E-state index >= 15 is 0 Å². The van der Waals surface area contributed by atoms with Gasteiger partial charge in [-0.15, -0.1) is 0 Å². The summed E-state index contributed by atoms with van der Waals surface area (Å²) in [6.07, 6.45) is 3.63. The van der Waals surface area contributed by atoms with Crippen LogP contribution in [0.1, 0.15) is 58.2 Å². The second kappa shape index (κ2) is 6.38. The van der Waals surface area contributed by atoms with Crippen molar-refractivity contribution in [3.05, 3.63) is 32.6 Å². The van der Waals surface area contributed by atoms with Gasteiger partial charge in [0.2, 0.25) is 0 Å². The quantitative estimate of drug-likeness (QED) is 0.867. The molecule has 0 radical (unpaired) electrons. The van der Waals surface area contributed by atoms with E-state index in [2.05, 4.69) is 11.9 Å². The third-order valence-corrected chi connectivity index (χ3v) is 4.96. The first-order valence-corrected chi connectivity index (χ1v) is 8.04. The number of ether oxygens (including phenoxy) is 1. The molecular formula is C16H26N2O4. The van der Waals surface area contributed by atoms with Crippen LogP contribution >= 0.6 is 0 Å². The Labute approximate surface area is 130 Å². The van der Waals surface area contributed by atoms with Gasteiger partial charge in [-0.1, -0.05) is 33.6 Å². The summed E-state index contributed by atoms with van der Waals surface area (Å²) in [5, 5.41) is 10.6. The fraction of sp³-hybridized carbons (Fsp3) is 0.750. The van der Waals surface area contributed by atoms with Gasteiger partial charge in [0, 0.05) is 17.7 Å². The van der Waals surface area contributed by atoms with Crippen molar-refractivity contribution in [1.82, 2.24) is 9.55 Å². The molecule has 4 atom stereocenters. The Bertz CT molecular complexity index is 636. The molecule has 2 rings (SSSR count). The first-order chi connectivity index (χ1) is 10.4. The molecule has 0 aliphatic carbocycles. The third kappa shape index (κ3) is 2.77. The van der Waals surface area contributed by atoms with Crippen LogP contribution in [0.3, 0.4) is 0 Å². The second-order valence-corrected chi connectivity index (χ2v) is 6.29. The van der Waals surface area contributed by atoms with E-state index in [1.807, 2.05) is 13.8 Å². The van der Waals surface area contributed by atoms with Gasteiger partial charge in [0.1, 0.15) is 6.10 Å². The van der Waals surface area contributed by atoms with Crippen LogP contribution in [0.5, 0.6) is 0 Å². The van der Waals surface area contributed by atoms with E-state index in [1.54, 1.807) is 6.92 Å². The fourth-order valence-corrected chi connectivity index (χ4v) is 3.32. The van der Waals surface area contributed by atoms with Crippen molar-refractivity contribution >= 4 is 0 Å². The molecular weight excluding hydrogens is 284 g/mol. The number of aromatic amines is 1. The summed E-state index contributed by atoms with van der Waals surface area (Å²) in [5.74, 6) is -0.0758. The van der Waals surface area contributed by atoms with Crippen molar-refractivity contribution < 1.29 is 9.84 Å². The molecule has 1 aromatic heterocycles. The molecule has 0 saturated carbocycles. The Kier molecular flexibility index (Phi) is 4.92. The van der Waals surface area contributed by atoms with E-state index in [1.165, 1.54) is 10.8 Å². The summed E-state index contributed by atoms with van der Waals surface area (Å²) in [4.78, 5) is 25.8. The maximum atomic E-state index is 12.1. The number of hydrogen-bond acceptors (Lipinski definition) is 4. The number of aliphatic hydroxyl groups excluding tert-OH is 1. The van der Waals surface area contributed by atoms with Crippen LogP contribution in [-0.4, -0.2) is 26.4 Å². The maximum absolute atomic E-state index is 12.1. The van der Waals surface area contributed by atoms with Gasteiger partial charge in [-0.3, -0.25) is 14.3 Å². The molecule has 22 heavy (non-hydrogen) atoms. The number of aliphatic hydroxyl groups is 1. The zero-order valence-corrected chi connectivity index (χ0v) is 13.8. The van der Waals surface area contributed by atoms with Gasteiger partial charge in [-0.05, 0) is 19.8 Å². The molecule has 1 aliphatic heterocycles. The number of nitrogens with one attached hydrogen (secondary N) is 1. The van der Waals surface area contributed by atoms with E-state index in [4.69, 9.17) is 4.74 Å². The van der Waals surface area contributed by atoms with Gasteiger partial charge in [0.15, 0.2) is 6.23 Å². The molecule has 1 aliphatic rings. The number of rotatable bonds is 5. The Morgan fingerprint density at radius 1 is 1.41 bits per heavy atom. The van der Waals surface area contributed by atoms with Crippen molar-refractivity contribution in [2.45, 2.75) is 71.3 Å². The van der Waals surface area contributed by atoms with E-state index < -0.39 is 29.2 Å². The van der Waals surface area contributed by atoms with Gasteiger partial charge in [0.05, 0.1) is 5.60 Å². The highest BCUT2D eigenvalue weighted by molar-refractivity contribution is 5.04. The predicted molar refractivity (Wildman–Crippen MR) is 83.9 cm³/mol. The van der Waals surface area contributed by atoms with Gasteiger partial charge in [0.25, 0.3) is 5.56 Å². The van der Waals surface area contributed by atoms with Crippen LogP contribution in [-0.2, 0) is 4.74 Å². The number of aryl methyl sites for hydroxylation is 1. The highest BCUT2D eigenvalue weighted by Crippen LogP contribution is 2.45.